The van der Waals surface area contributed by atoms with E-state index in [0.29, 0.717) is 0 Å². The molecule has 32 heavy (non-hydrogen) atoms. The first-order valence-corrected chi connectivity index (χ1v) is 11.2. The van der Waals surface area contributed by atoms with Gasteiger partial charge >= 0.3 is 0 Å². The maximum absolute atomic E-state index is 10.1. The SMILES string of the molecule is Cc1cc(C(C)(C)C)c2c(c1C)c1c3c(cc[n+]1C)cc(C#N)c1c4ccccc4n2c13. The largest absolute Gasteiger partial charge is 0.307 e. The van der Waals surface area contributed by atoms with Gasteiger partial charge in [0.05, 0.1) is 39.0 Å². The first-order chi connectivity index (χ1) is 15.2. The molecular weight excluding hydrogens is 390 g/mol. The molecule has 3 nitrogen and oxygen atoms in total. The van der Waals surface area contributed by atoms with Crippen LogP contribution in [0.3, 0.4) is 0 Å². The lowest BCUT2D eigenvalue weighted by Gasteiger charge is -2.25. The van der Waals surface area contributed by atoms with E-state index in [2.05, 4.69) is 105 Å². The minimum absolute atomic E-state index is 0.0307. The summed E-state index contributed by atoms with van der Waals surface area (Å²) in [5, 5.41) is 16.0. The number of pyridine rings is 2. The van der Waals surface area contributed by atoms with Gasteiger partial charge in [-0.15, -0.1) is 0 Å². The van der Waals surface area contributed by atoms with Crippen molar-refractivity contribution in [3.8, 4) is 6.07 Å². The molecule has 3 aromatic carbocycles. The zero-order valence-electron chi connectivity index (χ0n) is 19.5. The number of aromatic nitrogens is 2. The highest BCUT2D eigenvalue weighted by Crippen LogP contribution is 2.45. The second-order valence-electron chi connectivity index (χ2n) is 10.2. The molecule has 0 atom stereocenters. The van der Waals surface area contributed by atoms with Crippen molar-refractivity contribution in [2.24, 2.45) is 7.05 Å². The molecule has 0 saturated heterocycles. The second-order valence-corrected chi connectivity index (χ2v) is 10.2. The third kappa shape index (κ3) is 2.17. The molecule has 3 heteroatoms. The lowest BCUT2D eigenvalue weighted by atomic mass is 9.82. The van der Waals surface area contributed by atoms with Gasteiger partial charge in [-0.2, -0.15) is 5.26 Å². The number of fused-ring (bicyclic) bond motifs is 6. The van der Waals surface area contributed by atoms with Crippen molar-refractivity contribution in [3.05, 3.63) is 70.9 Å². The van der Waals surface area contributed by atoms with E-state index in [4.69, 9.17) is 0 Å². The fourth-order valence-corrected chi connectivity index (χ4v) is 5.63. The summed E-state index contributed by atoms with van der Waals surface area (Å²) in [5.74, 6) is 0. The first kappa shape index (κ1) is 19.1. The predicted molar refractivity (Wildman–Crippen MR) is 133 cm³/mol. The zero-order valence-corrected chi connectivity index (χ0v) is 19.5. The molecule has 156 valence electrons. The molecule has 0 spiro atoms. The van der Waals surface area contributed by atoms with Crippen molar-refractivity contribution in [2.45, 2.75) is 40.0 Å². The van der Waals surface area contributed by atoms with Gasteiger partial charge in [-0.25, -0.2) is 4.57 Å². The quantitative estimate of drug-likeness (QED) is 0.156. The van der Waals surface area contributed by atoms with Crippen LogP contribution in [0.25, 0.3) is 49.0 Å². The Morgan fingerprint density at radius 1 is 0.938 bits per heavy atom. The van der Waals surface area contributed by atoms with Gasteiger partial charge in [0.1, 0.15) is 7.05 Å². The molecule has 0 saturated carbocycles. The Morgan fingerprint density at radius 2 is 1.69 bits per heavy atom. The van der Waals surface area contributed by atoms with Crippen LogP contribution in [-0.4, -0.2) is 4.40 Å². The fraction of sp³-hybridized carbons (Fsp3) is 0.241. The highest BCUT2D eigenvalue weighted by atomic mass is 15.0. The normalized spacial score (nSPS) is 12.7. The van der Waals surface area contributed by atoms with Gasteiger partial charge < -0.3 is 4.40 Å². The van der Waals surface area contributed by atoms with E-state index in [1.807, 2.05) is 0 Å². The lowest BCUT2D eigenvalue weighted by Crippen LogP contribution is -2.29. The van der Waals surface area contributed by atoms with E-state index in [9.17, 15) is 5.26 Å². The van der Waals surface area contributed by atoms with Gasteiger partial charge in [0.2, 0.25) is 5.52 Å². The van der Waals surface area contributed by atoms with Gasteiger partial charge in [-0.3, -0.25) is 0 Å². The van der Waals surface area contributed by atoms with Crippen molar-refractivity contribution < 1.29 is 4.57 Å². The summed E-state index contributed by atoms with van der Waals surface area (Å²) in [6, 6.07) is 17.6. The summed E-state index contributed by atoms with van der Waals surface area (Å²) >= 11 is 0. The first-order valence-electron chi connectivity index (χ1n) is 11.2. The molecule has 0 unspecified atom stereocenters. The average molecular weight is 417 g/mol. The third-order valence-corrected chi connectivity index (χ3v) is 7.24. The molecule has 3 aromatic heterocycles. The molecule has 0 aliphatic rings. The lowest BCUT2D eigenvalue weighted by molar-refractivity contribution is -0.643. The van der Waals surface area contributed by atoms with Gasteiger partial charge in [-0.1, -0.05) is 45.0 Å². The number of nitriles is 1. The molecule has 3 heterocycles. The number of benzene rings is 3. The van der Waals surface area contributed by atoms with Crippen LogP contribution < -0.4 is 4.57 Å². The second kappa shape index (κ2) is 5.99. The summed E-state index contributed by atoms with van der Waals surface area (Å²) in [6.45, 7) is 11.4. The van der Waals surface area contributed by atoms with Crippen molar-refractivity contribution in [3.63, 3.8) is 0 Å². The van der Waals surface area contributed by atoms with Crippen LogP contribution in [0.2, 0.25) is 0 Å². The Labute approximate surface area is 187 Å². The Kier molecular flexibility index (Phi) is 3.57. The van der Waals surface area contributed by atoms with Crippen LogP contribution in [0.4, 0.5) is 0 Å². The topological polar surface area (TPSA) is 32.1 Å². The van der Waals surface area contributed by atoms with Crippen molar-refractivity contribution in [1.29, 1.82) is 5.26 Å². The van der Waals surface area contributed by atoms with Gasteiger partial charge in [-0.05, 0) is 53.5 Å². The summed E-state index contributed by atoms with van der Waals surface area (Å²) in [5.41, 5.74) is 9.51. The number of rotatable bonds is 0. The van der Waals surface area contributed by atoms with Crippen LogP contribution in [0.15, 0.2) is 48.7 Å². The maximum atomic E-state index is 10.1. The van der Waals surface area contributed by atoms with E-state index in [1.54, 1.807) is 0 Å². The molecule has 0 N–H and O–H groups in total. The van der Waals surface area contributed by atoms with Gasteiger partial charge in [0.15, 0.2) is 6.20 Å². The molecule has 0 bridgehead atoms. The number of hydrogen-bond donors (Lipinski definition) is 0. The predicted octanol–water partition coefficient (Wildman–Crippen LogP) is 6.60. The molecule has 6 rings (SSSR count). The minimum Gasteiger partial charge on any atom is -0.307 e. The Morgan fingerprint density at radius 3 is 2.41 bits per heavy atom. The monoisotopic (exact) mass is 416 g/mol. The molecular formula is C29H26N3+. The molecule has 6 aromatic rings. The van der Waals surface area contributed by atoms with Crippen LogP contribution >= 0.6 is 0 Å². The smallest absolute Gasteiger partial charge is 0.224 e. The van der Waals surface area contributed by atoms with E-state index in [1.165, 1.54) is 44.0 Å². The summed E-state index contributed by atoms with van der Waals surface area (Å²) in [7, 11) is 2.14. The van der Waals surface area contributed by atoms with E-state index >= 15 is 0 Å². The van der Waals surface area contributed by atoms with Crippen LogP contribution in [-0.2, 0) is 12.5 Å². The minimum atomic E-state index is -0.0307. The van der Waals surface area contributed by atoms with E-state index in [0.717, 1.165) is 27.2 Å². The van der Waals surface area contributed by atoms with Crippen molar-refractivity contribution in [2.75, 3.05) is 0 Å². The highest BCUT2D eigenvalue weighted by molar-refractivity contribution is 6.28. The van der Waals surface area contributed by atoms with Crippen LogP contribution in [0.1, 0.15) is 43.0 Å². The summed E-state index contributed by atoms with van der Waals surface area (Å²) in [6.07, 6.45) is 2.13. The fourth-order valence-electron chi connectivity index (χ4n) is 5.63. The number of nitrogens with zero attached hydrogens (tertiary/aromatic N) is 3. The van der Waals surface area contributed by atoms with Crippen LogP contribution in [0.5, 0.6) is 0 Å². The Bertz CT molecular complexity index is 1790. The van der Waals surface area contributed by atoms with E-state index in [-0.39, 0.29) is 5.41 Å². The Hall–Kier alpha value is -3.64. The molecule has 0 aliphatic carbocycles. The average Bonchev–Trinajstić information content (AvgIpc) is 3.11. The molecule has 0 radical (unpaired) electrons. The molecule has 0 aliphatic heterocycles. The highest BCUT2D eigenvalue weighted by Gasteiger charge is 2.29. The summed E-state index contributed by atoms with van der Waals surface area (Å²) in [4.78, 5) is 0. The molecule has 0 amide bonds. The maximum Gasteiger partial charge on any atom is 0.224 e. The third-order valence-electron chi connectivity index (χ3n) is 7.24. The van der Waals surface area contributed by atoms with Crippen LogP contribution in [0, 0.1) is 25.2 Å². The number of hydrogen-bond acceptors (Lipinski definition) is 1. The van der Waals surface area contributed by atoms with Gasteiger partial charge in [0.25, 0.3) is 0 Å². The number of aryl methyl sites for hydroxylation is 3. The van der Waals surface area contributed by atoms with Crippen molar-refractivity contribution in [1.82, 2.24) is 4.40 Å². The van der Waals surface area contributed by atoms with E-state index < -0.39 is 0 Å². The summed E-state index contributed by atoms with van der Waals surface area (Å²) < 4.78 is 4.70. The van der Waals surface area contributed by atoms with Crippen molar-refractivity contribution >= 4 is 49.0 Å². The zero-order chi connectivity index (χ0) is 22.5. The molecule has 0 fully saturated rings. The van der Waals surface area contributed by atoms with Gasteiger partial charge in [0, 0.05) is 16.8 Å². The number of para-hydroxylation sites is 1. The standard InChI is InChI=1S/C29H26N3/c1-16-13-21(29(3,4)5)26-23(17(16)2)27-25-18(11-12-31(27)6)14-19(15-30)24-20-9-7-8-10-22(20)32(26)28(24)25/h7-14H,1-6H3/q+1. The Balaban J connectivity index is 2.17.